The predicted molar refractivity (Wildman–Crippen MR) is 141 cm³/mol. The molecule has 3 heterocycles. The molecule has 43 heavy (non-hydrogen) atoms. The minimum Gasteiger partial charge on any atom is -0.494 e. The molecule has 3 aromatic heterocycles. The van der Waals surface area contributed by atoms with E-state index in [1.807, 2.05) is 0 Å². The number of hydrogen-bond acceptors (Lipinski definition) is 11. The highest BCUT2D eigenvalue weighted by Crippen LogP contribution is 2.36. The van der Waals surface area contributed by atoms with Gasteiger partial charge in [0.1, 0.15) is 34.5 Å². The van der Waals surface area contributed by atoms with Crippen molar-refractivity contribution < 1.29 is 50.1 Å². The topological polar surface area (TPSA) is 169 Å². The molecule has 0 radical (unpaired) electrons. The van der Waals surface area contributed by atoms with Crippen molar-refractivity contribution in [1.82, 2.24) is 29.7 Å². The van der Waals surface area contributed by atoms with Crippen LogP contribution in [0, 0.1) is 5.82 Å². The maximum atomic E-state index is 13.1. The Balaban J connectivity index is 0.000000646. The molecule has 0 unspecified atom stereocenters. The van der Waals surface area contributed by atoms with Gasteiger partial charge in [0.25, 0.3) is 0 Å². The van der Waals surface area contributed by atoms with Crippen LogP contribution in [-0.4, -0.2) is 82.5 Å². The van der Waals surface area contributed by atoms with E-state index < -0.39 is 33.6 Å². The van der Waals surface area contributed by atoms with E-state index >= 15 is 0 Å². The maximum absolute atomic E-state index is 13.1. The number of carboxylic acids is 1. The molecule has 0 aliphatic rings. The van der Waals surface area contributed by atoms with Gasteiger partial charge in [0.15, 0.2) is 27.3 Å². The number of aliphatic carboxylic acids is 1. The average molecular weight is 629 g/mol. The normalized spacial score (nSPS) is 11.3. The number of methoxy groups -OCH3 is 3. The van der Waals surface area contributed by atoms with Crippen LogP contribution in [0.1, 0.15) is 11.6 Å². The predicted octanol–water partition coefficient (Wildman–Crippen LogP) is 3.08. The fraction of sp³-hybridized carbons (Fsp3) is 0.280. The molecule has 4 rings (SSSR count). The fourth-order valence-electron chi connectivity index (χ4n) is 3.50. The second kappa shape index (κ2) is 13.9. The zero-order valence-corrected chi connectivity index (χ0v) is 23.6. The van der Waals surface area contributed by atoms with Crippen LogP contribution in [0.4, 0.5) is 17.6 Å². The molecule has 230 valence electrons. The van der Waals surface area contributed by atoms with E-state index in [-0.39, 0.29) is 29.6 Å². The van der Waals surface area contributed by atoms with Crippen LogP contribution in [-0.2, 0) is 26.8 Å². The number of halogens is 4. The molecular formula is C25H24F4N6O7S. The van der Waals surface area contributed by atoms with Crippen LogP contribution < -0.4 is 14.2 Å². The second-order valence-corrected chi connectivity index (χ2v) is 10.5. The van der Waals surface area contributed by atoms with Crippen molar-refractivity contribution in [2.45, 2.75) is 18.3 Å². The van der Waals surface area contributed by atoms with Crippen molar-refractivity contribution in [1.29, 1.82) is 0 Å². The number of para-hydroxylation sites is 1. The highest BCUT2D eigenvalue weighted by molar-refractivity contribution is 7.90. The molecule has 0 aliphatic heterocycles. The lowest BCUT2D eigenvalue weighted by molar-refractivity contribution is -0.192. The summed E-state index contributed by atoms with van der Waals surface area (Å²) in [6.07, 6.45) is -3.08. The van der Waals surface area contributed by atoms with Crippen LogP contribution in [0.25, 0.3) is 17.2 Å². The molecule has 18 heteroatoms. The number of aryl methyl sites for hydroxylation is 1. The molecule has 13 nitrogen and oxygen atoms in total. The standard InChI is InChI=1S/C23H23FN6O5S.C2HF3O2/c1-33-17-7-5-8-18(34-2)22(17)30-20(28-29-23(30)16-6-4-9-21(27-16)35-3)14-36(31,32)11-10-19-25-12-15(24)13-26-19;3-2(4,5)1(6)7/h4-9,12-13H,10-11,14H2,1-3H3;(H,6,7). The number of pyridine rings is 1. The largest absolute Gasteiger partial charge is 0.494 e. The van der Waals surface area contributed by atoms with Crippen molar-refractivity contribution in [3.63, 3.8) is 0 Å². The SMILES string of the molecule is COc1cccc(-c2nnc(CS(=O)(=O)CCc3ncc(F)cn3)n2-c2c(OC)cccc2OC)n1.O=C(O)C(F)(F)F. The lowest BCUT2D eigenvalue weighted by atomic mass is 10.2. The molecule has 0 aliphatic carbocycles. The van der Waals surface area contributed by atoms with Crippen molar-refractivity contribution in [2.24, 2.45) is 0 Å². The summed E-state index contributed by atoms with van der Waals surface area (Å²) in [7, 11) is 0.753. The Morgan fingerprint density at radius 2 is 1.53 bits per heavy atom. The van der Waals surface area contributed by atoms with Crippen LogP contribution in [0.5, 0.6) is 17.4 Å². The molecule has 1 N–H and O–H groups in total. The fourth-order valence-corrected chi connectivity index (χ4v) is 4.72. The number of hydrogen-bond donors (Lipinski definition) is 1. The van der Waals surface area contributed by atoms with E-state index in [4.69, 9.17) is 24.1 Å². The smallest absolute Gasteiger partial charge is 0.490 e. The number of aromatic nitrogens is 6. The molecule has 0 spiro atoms. The van der Waals surface area contributed by atoms with Crippen molar-refractivity contribution in [2.75, 3.05) is 27.1 Å². The average Bonchev–Trinajstić information content (AvgIpc) is 3.38. The van der Waals surface area contributed by atoms with Crippen molar-refractivity contribution >= 4 is 15.8 Å². The van der Waals surface area contributed by atoms with Crippen LogP contribution in [0.2, 0.25) is 0 Å². The summed E-state index contributed by atoms with van der Waals surface area (Å²) < 4.78 is 88.8. The number of benzene rings is 1. The molecule has 4 aromatic rings. The summed E-state index contributed by atoms with van der Waals surface area (Å²) in [5.74, 6) is -2.30. The number of carboxylic acid groups (broad SMARTS) is 1. The summed E-state index contributed by atoms with van der Waals surface area (Å²) in [5.41, 5.74) is 0.817. The van der Waals surface area contributed by atoms with Gasteiger partial charge in [-0.2, -0.15) is 13.2 Å². The highest BCUT2D eigenvalue weighted by Gasteiger charge is 2.38. The van der Waals surface area contributed by atoms with Gasteiger partial charge in [-0.3, -0.25) is 4.57 Å². The minimum atomic E-state index is -5.08. The van der Waals surface area contributed by atoms with Crippen molar-refractivity contribution in [3.8, 4) is 34.6 Å². The first-order valence-electron chi connectivity index (χ1n) is 11.9. The van der Waals surface area contributed by atoms with Gasteiger partial charge in [-0.15, -0.1) is 10.2 Å². The molecule has 0 saturated carbocycles. The van der Waals surface area contributed by atoms with Crippen LogP contribution in [0.15, 0.2) is 48.8 Å². The van der Waals surface area contributed by atoms with Crippen LogP contribution >= 0.6 is 0 Å². The molecule has 1 aromatic carbocycles. The summed E-state index contributed by atoms with van der Waals surface area (Å²) in [4.78, 5) is 21.0. The van der Waals surface area contributed by atoms with Gasteiger partial charge in [-0.1, -0.05) is 12.1 Å². The number of rotatable bonds is 10. The number of carbonyl (C=O) groups is 1. The maximum Gasteiger partial charge on any atom is 0.490 e. The zero-order valence-electron chi connectivity index (χ0n) is 22.7. The summed E-state index contributed by atoms with van der Waals surface area (Å²) in [6.45, 7) is 0. The Morgan fingerprint density at radius 3 is 2.07 bits per heavy atom. The summed E-state index contributed by atoms with van der Waals surface area (Å²) in [6, 6.07) is 10.3. The number of sulfone groups is 1. The Kier molecular flexibility index (Phi) is 10.5. The number of ether oxygens (including phenoxy) is 3. The van der Waals surface area contributed by atoms with Gasteiger partial charge >= 0.3 is 12.1 Å². The lowest BCUT2D eigenvalue weighted by Gasteiger charge is -2.17. The third-order valence-electron chi connectivity index (χ3n) is 5.42. The highest BCUT2D eigenvalue weighted by atomic mass is 32.2. The van der Waals surface area contributed by atoms with Crippen LogP contribution in [0.3, 0.4) is 0 Å². The second-order valence-electron chi connectivity index (χ2n) is 8.31. The lowest BCUT2D eigenvalue weighted by Crippen LogP contribution is -2.21. The van der Waals surface area contributed by atoms with E-state index in [9.17, 15) is 26.0 Å². The molecule has 0 fully saturated rings. The van der Waals surface area contributed by atoms with E-state index in [0.29, 0.717) is 28.8 Å². The van der Waals surface area contributed by atoms with Gasteiger partial charge < -0.3 is 19.3 Å². The third kappa shape index (κ3) is 8.57. The van der Waals surface area contributed by atoms with E-state index in [0.717, 1.165) is 12.4 Å². The first-order chi connectivity index (χ1) is 20.3. The summed E-state index contributed by atoms with van der Waals surface area (Å²) in [5, 5.41) is 15.6. The first kappa shape index (κ1) is 32.6. The Bertz CT molecular complexity index is 1640. The summed E-state index contributed by atoms with van der Waals surface area (Å²) >= 11 is 0. The Hall–Kier alpha value is -4.87. The zero-order chi connectivity index (χ0) is 31.8. The van der Waals surface area contributed by atoms with Crippen molar-refractivity contribution in [3.05, 3.63) is 66.3 Å². The number of nitrogens with zero attached hydrogens (tertiary/aromatic N) is 6. The molecular weight excluding hydrogens is 604 g/mol. The van der Waals surface area contributed by atoms with Gasteiger partial charge in [-0.25, -0.2) is 32.6 Å². The third-order valence-corrected chi connectivity index (χ3v) is 6.94. The van der Waals surface area contributed by atoms with E-state index in [1.54, 1.807) is 41.0 Å². The molecule has 0 atom stereocenters. The molecule has 0 saturated heterocycles. The van der Waals surface area contributed by atoms with E-state index in [2.05, 4.69) is 25.1 Å². The van der Waals surface area contributed by atoms with E-state index in [1.165, 1.54) is 21.3 Å². The number of alkyl halides is 3. The Morgan fingerprint density at radius 1 is 0.953 bits per heavy atom. The monoisotopic (exact) mass is 628 g/mol. The van der Waals surface area contributed by atoms with Gasteiger partial charge in [0.2, 0.25) is 5.88 Å². The van der Waals surface area contributed by atoms with Gasteiger partial charge in [0, 0.05) is 12.5 Å². The first-order valence-corrected chi connectivity index (χ1v) is 13.8. The van der Waals surface area contributed by atoms with Gasteiger partial charge in [-0.05, 0) is 18.2 Å². The quantitative estimate of drug-likeness (QED) is 0.255. The Labute approximate surface area is 242 Å². The minimum absolute atomic E-state index is 0.0129. The molecule has 0 bridgehead atoms. The van der Waals surface area contributed by atoms with Gasteiger partial charge in [0.05, 0.1) is 39.5 Å². The molecule has 0 amide bonds.